The first-order chi connectivity index (χ1) is 10.5. The molecule has 1 aromatic carbocycles. The van der Waals surface area contributed by atoms with Crippen LogP contribution in [0, 0.1) is 6.92 Å². The molecule has 1 aliphatic rings. The molecule has 0 aliphatic carbocycles. The summed E-state index contributed by atoms with van der Waals surface area (Å²) in [4.78, 5) is 33.0. The van der Waals surface area contributed by atoms with Gasteiger partial charge in [0.15, 0.2) is 0 Å². The minimum atomic E-state index is -0.516. The fourth-order valence-electron chi connectivity index (χ4n) is 2.60. The Morgan fingerprint density at radius 3 is 3.05 bits per heavy atom. The number of rotatable bonds is 3. The van der Waals surface area contributed by atoms with Crippen molar-refractivity contribution in [1.82, 2.24) is 25.5 Å². The van der Waals surface area contributed by atoms with Crippen LogP contribution in [0.5, 0.6) is 0 Å². The van der Waals surface area contributed by atoms with Crippen molar-refractivity contribution >= 4 is 22.8 Å². The highest BCUT2D eigenvalue weighted by atomic mass is 16.2. The number of nitrogens with zero attached hydrogens (tertiary/aromatic N) is 2. The third-order valence-corrected chi connectivity index (χ3v) is 3.72. The Morgan fingerprint density at radius 2 is 2.27 bits per heavy atom. The fourth-order valence-corrected chi connectivity index (χ4v) is 2.60. The molecule has 7 nitrogen and oxygen atoms in total. The number of aromatic nitrogens is 2. The molecule has 2 heterocycles. The summed E-state index contributed by atoms with van der Waals surface area (Å²) in [5.74, 6) is 0.445. The minimum Gasteiger partial charge on any atom is -0.342 e. The zero-order valence-corrected chi connectivity index (χ0v) is 12.6. The van der Waals surface area contributed by atoms with Crippen LogP contribution in [-0.2, 0) is 16.1 Å². The Kier molecular flexibility index (Phi) is 3.81. The maximum absolute atomic E-state index is 12.3. The second-order valence-electron chi connectivity index (χ2n) is 5.65. The first-order valence-corrected chi connectivity index (χ1v) is 7.23. The second-order valence-corrected chi connectivity index (χ2v) is 5.65. The summed E-state index contributed by atoms with van der Waals surface area (Å²) in [6.45, 7) is 3.11. The van der Waals surface area contributed by atoms with Crippen molar-refractivity contribution in [3.05, 3.63) is 29.6 Å². The molecule has 116 valence electrons. The monoisotopic (exact) mass is 301 g/mol. The van der Waals surface area contributed by atoms with Crippen molar-refractivity contribution in [3.63, 3.8) is 0 Å². The minimum absolute atomic E-state index is 0.128. The van der Waals surface area contributed by atoms with Crippen LogP contribution in [0.1, 0.15) is 11.4 Å². The number of H-pyrrole nitrogens is 1. The lowest BCUT2D eigenvalue weighted by Gasteiger charge is -2.27. The van der Waals surface area contributed by atoms with Crippen molar-refractivity contribution in [2.45, 2.75) is 19.5 Å². The van der Waals surface area contributed by atoms with Crippen molar-refractivity contribution in [2.75, 3.05) is 20.1 Å². The van der Waals surface area contributed by atoms with Crippen molar-refractivity contribution < 1.29 is 9.59 Å². The Labute approximate surface area is 128 Å². The van der Waals surface area contributed by atoms with Crippen LogP contribution in [0.25, 0.3) is 11.0 Å². The maximum Gasteiger partial charge on any atom is 0.246 e. The highest BCUT2D eigenvalue weighted by Gasteiger charge is 2.27. The number of carbonyl (C=O) groups is 2. The Balaban J connectivity index is 1.70. The van der Waals surface area contributed by atoms with Gasteiger partial charge in [0.25, 0.3) is 0 Å². The quantitative estimate of drug-likeness (QED) is 0.739. The van der Waals surface area contributed by atoms with Crippen molar-refractivity contribution in [1.29, 1.82) is 0 Å². The first kappa shape index (κ1) is 14.5. The summed E-state index contributed by atoms with van der Waals surface area (Å²) >= 11 is 0. The Hall–Kier alpha value is -2.41. The number of hydrogen-bond donors (Lipinski definition) is 3. The van der Waals surface area contributed by atoms with E-state index in [-0.39, 0.29) is 18.4 Å². The molecular formula is C15H19N5O2. The average Bonchev–Trinajstić information content (AvgIpc) is 2.87. The van der Waals surface area contributed by atoms with E-state index in [4.69, 9.17) is 0 Å². The van der Waals surface area contributed by atoms with Gasteiger partial charge in [0.2, 0.25) is 11.8 Å². The Morgan fingerprint density at radius 1 is 1.45 bits per heavy atom. The highest BCUT2D eigenvalue weighted by molar-refractivity contribution is 5.89. The molecule has 1 aromatic heterocycles. The molecule has 0 saturated carbocycles. The molecule has 1 aliphatic heterocycles. The lowest BCUT2D eigenvalue weighted by Crippen LogP contribution is -2.58. The van der Waals surface area contributed by atoms with E-state index in [2.05, 4.69) is 20.6 Å². The van der Waals surface area contributed by atoms with Gasteiger partial charge in [0, 0.05) is 13.6 Å². The van der Waals surface area contributed by atoms with Gasteiger partial charge < -0.3 is 20.5 Å². The van der Waals surface area contributed by atoms with Crippen LogP contribution < -0.4 is 10.6 Å². The maximum atomic E-state index is 12.3. The fraction of sp³-hybridized carbons (Fsp3) is 0.400. The summed E-state index contributed by atoms with van der Waals surface area (Å²) in [6.07, 6.45) is 0. The van der Waals surface area contributed by atoms with Crippen LogP contribution >= 0.6 is 0 Å². The normalized spacial score (nSPS) is 18.3. The van der Waals surface area contributed by atoms with Crippen LogP contribution in [0.4, 0.5) is 0 Å². The van der Waals surface area contributed by atoms with Gasteiger partial charge in [0.1, 0.15) is 11.9 Å². The molecule has 0 spiro atoms. The third-order valence-electron chi connectivity index (χ3n) is 3.72. The van der Waals surface area contributed by atoms with Crippen LogP contribution in [-0.4, -0.2) is 52.9 Å². The molecule has 2 amide bonds. The molecule has 22 heavy (non-hydrogen) atoms. The highest BCUT2D eigenvalue weighted by Crippen LogP contribution is 2.14. The number of amides is 2. The molecule has 3 N–H and O–H groups in total. The zero-order chi connectivity index (χ0) is 15.7. The standard InChI is InChI=1S/C15H19N5O2/c1-9-3-4-10-11(5-9)18-13(17-10)8-20(2)15(22)12-6-16-7-14(21)19-12/h3-5,12,16H,6-8H2,1-2H3,(H,17,18)(H,19,21). The number of benzene rings is 1. The van der Waals surface area contributed by atoms with Crippen molar-refractivity contribution in [2.24, 2.45) is 0 Å². The largest absolute Gasteiger partial charge is 0.342 e. The number of likely N-dealkylation sites (N-methyl/N-ethyl adjacent to an activating group) is 1. The van der Waals surface area contributed by atoms with E-state index >= 15 is 0 Å². The van der Waals surface area contributed by atoms with E-state index < -0.39 is 6.04 Å². The number of aryl methyl sites for hydroxylation is 1. The molecule has 2 aromatic rings. The van der Waals surface area contributed by atoms with Gasteiger partial charge in [-0.15, -0.1) is 0 Å². The van der Waals surface area contributed by atoms with E-state index in [1.807, 2.05) is 25.1 Å². The summed E-state index contributed by atoms with van der Waals surface area (Å²) in [7, 11) is 1.71. The Bertz CT molecular complexity index is 724. The van der Waals surface area contributed by atoms with Gasteiger partial charge in [-0.3, -0.25) is 9.59 Å². The molecule has 7 heteroatoms. The van der Waals surface area contributed by atoms with Crippen molar-refractivity contribution in [3.8, 4) is 0 Å². The molecule has 0 radical (unpaired) electrons. The molecular weight excluding hydrogens is 282 g/mol. The number of carbonyl (C=O) groups excluding carboxylic acids is 2. The molecule has 1 saturated heterocycles. The van der Waals surface area contributed by atoms with E-state index in [1.54, 1.807) is 11.9 Å². The van der Waals surface area contributed by atoms with E-state index in [1.165, 1.54) is 0 Å². The summed E-state index contributed by atoms with van der Waals surface area (Å²) in [6, 6.07) is 5.47. The smallest absolute Gasteiger partial charge is 0.246 e. The summed E-state index contributed by atoms with van der Waals surface area (Å²) in [5.41, 5.74) is 3.00. The lowest BCUT2D eigenvalue weighted by atomic mass is 10.2. The topological polar surface area (TPSA) is 90.1 Å². The zero-order valence-electron chi connectivity index (χ0n) is 12.6. The first-order valence-electron chi connectivity index (χ1n) is 7.23. The second kappa shape index (κ2) is 5.76. The number of imidazole rings is 1. The van der Waals surface area contributed by atoms with Gasteiger partial charge >= 0.3 is 0 Å². The van der Waals surface area contributed by atoms with E-state index in [9.17, 15) is 9.59 Å². The summed E-state index contributed by atoms with van der Waals surface area (Å²) in [5, 5.41) is 5.62. The number of nitrogens with one attached hydrogen (secondary N) is 3. The molecule has 1 atom stereocenters. The number of fused-ring (bicyclic) bond motifs is 1. The number of piperazine rings is 1. The average molecular weight is 301 g/mol. The van der Waals surface area contributed by atoms with Crippen LogP contribution in [0.15, 0.2) is 18.2 Å². The molecule has 1 fully saturated rings. The third kappa shape index (κ3) is 2.94. The lowest BCUT2D eigenvalue weighted by molar-refractivity contribution is -0.136. The number of aromatic amines is 1. The van der Waals surface area contributed by atoms with Crippen LogP contribution in [0.3, 0.4) is 0 Å². The van der Waals surface area contributed by atoms with Gasteiger partial charge in [-0.1, -0.05) is 6.07 Å². The van der Waals surface area contributed by atoms with Gasteiger partial charge in [-0.2, -0.15) is 0 Å². The summed E-state index contributed by atoms with van der Waals surface area (Å²) < 4.78 is 0. The molecule has 0 bridgehead atoms. The molecule has 1 unspecified atom stereocenters. The van der Waals surface area contributed by atoms with Gasteiger partial charge in [-0.05, 0) is 24.6 Å². The van der Waals surface area contributed by atoms with Gasteiger partial charge in [0.05, 0.1) is 24.1 Å². The predicted octanol–water partition coefficient (Wildman–Crippen LogP) is -0.0823. The van der Waals surface area contributed by atoms with Gasteiger partial charge in [-0.25, -0.2) is 4.98 Å². The van der Waals surface area contributed by atoms with E-state index in [0.29, 0.717) is 13.1 Å². The van der Waals surface area contributed by atoms with E-state index in [0.717, 1.165) is 22.4 Å². The number of hydrogen-bond acceptors (Lipinski definition) is 4. The predicted molar refractivity (Wildman–Crippen MR) is 82.1 cm³/mol. The van der Waals surface area contributed by atoms with Crippen LogP contribution in [0.2, 0.25) is 0 Å². The SMILES string of the molecule is Cc1ccc2nc(CN(C)C(=O)C3CNCC(=O)N3)[nH]c2c1. The molecule has 3 rings (SSSR count).